The second kappa shape index (κ2) is 11.7. The highest BCUT2D eigenvalue weighted by Crippen LogP contribution is 2.43. The molecule has 1 atom stereocenters. The van der Waals surface area contributed by atoms with Crippen LogP contribution in [0.1, 0.15) is 87.9 Å². The summed E-state index contributed by atoms with van der Waals surface area (Å²) in [7, 11) is 1.61. The molecule has 0 bridgehead atoms. The lowest BCUT2D eigenvalue weighted by atomic mass is 9.71. The van der Waals surface area contributed by atoms with Gasteiger partial charge in [-0.25, -0.2) is 4.39 Å². The van der Waals surface area contributed by atoms with Crippen molar-refractivity contribution in [3.8, 4) is 5.75 Å². The monoisotopic (exact) mass is 484 g/mol. The summed E-state index contributed by atoms with van der Waals surface area (Å²) in [4.78, 5) is 18.7. The predicted molar refractivity (Wildman–Crippen MR) is 138 cm³/mol. The van der Waals surface area contributed by atoms with Crippen molar-refractivity contribution in [2.75, 3.05) is 26.7 Å². The highest BCUT2D eigenvalue weighted by molar-refractivity contribution is 5.84. The van der Waals surface area contributed by atoms with Gasteiger partial charge in [0.1, 0.15) is 11.9 Å². The minimum Gasteiger partial charge on any atom is -0.497 e. The molecule has 2 aliphatic rings. The zero-order chi connectivity index (χ0) is 24.8. The first-order valence-corrected chi connectivity index (χ1v) is 13.4. The highest BCUT2D eigenvalue weighted by Gasteiger charge is 2.37. The van der Waals surface area contributed by atoms with Gasteiger partial charge in [-0.2, -0.15) is 0 Å². The first kappa shape index (κ1) is 25.9. The predicted octanol–water partition coefficient (Wildman–Crippen LogP) is 6.87. The summed E-state index contributed by atoms with van der Waals surface area (Å²) in [5, 5.41) is 10.4. The second-order valence-electron chi connectivity index (χ2n) is 10.9. The molecule has 2 heterocycles. The maximum absolute atomic E-state index is 15.8. The highest BCUT2D eigenvalue weighted by atomic mass is 19.1. The Morgan fingerprint density at radius 2 is 2.00 bits per heavy atom. The average Bonchev–Trinajstić information content (AvgIpc) is 2.87. The molecule has 6 heteroatoms. The zero-order valence-electron chi connectivity index (χ0n) is 21.4. The number of benzene rings is 1. The molecule has 1 saturated carbocycles. The number of halogens is 1. The van der Waals surface area contributed by atoms with Gasteiger partial charge in [0.15, 0.2) is 0 Å². The average molecular weight is 485 g/mol. The van der Waals surface area contributed by atoms with E-state index in [9.17, 15) is 9.90 Å². The maximum atomic E-state index is 15.8. The third-order valence-corrected chi connectivity index (χ3v) is 8.58. The van der Waals surface area contributed by atoms with Crippen molar-refractivity contribution in [1.82, 2.24) is 9.88 Å². The molecule has 2 fully saturated rings. The van der Waals surface area contributed by atoms with Crippen LogP contribution in [0, 0.1) is 18.3 Å². The van der Waals surface area contributed by atoms with Crippen molar-refractivity contribution in [1.29, 1.82) is 0 Å². The summed E-state index contributed by atoms with van der Waals surface area (Å²) < 4.78 is 21.2. The number of aryl methyl sites for hydroxylation is 1. The number of pyridine rings is 1. The molecule has 0 amide bonds. The van der Waals surface area contributed by atoms with E-state index in [0.29, 0.717) is 24.2 Å². The Bertz CT molecular complexity index is 997. The van der Waals surface area contributed by atoms with Gasteiger partial charge >= 0.3 is 5.97 Å². The van der Waals surface area contributed by atoms with E-state index in [-0.39, 0.29) is 11.8 Å². The number of carbonyl (C=O) groups is 1. The molecular weight excluding hydrogens is 443 g/mol. The number of hydrogen-bond acceptors (Lipinski definition) is 4. The molecule has 1 aliphatic heterocycles. The molecule has 1 saturated heterocycles. The summed E-state index contributed by atoms with van der Waals surface area (Å²) in [5.41, 5.74) is 1.90. The summed E-state index contributed by atoms with van der Waals surface area (Å²) in [6, 6.07) is 5.56. The van der Waals surface area contributed by atoms with Gasteiger partial charge in [0, 0.05) is 11.6 Å². The van der Waals surface area contributed by atoms with Crippen molar-refractivity contribution >= 4 is 16.9 Å². The minimum atomic E-state index is -1.16. The number of nitrogens with zero attached hydrogens (tertiary/aromatic N) is 2. The molecule has 1 aliphatic carbocycles. The third-order valence-electron chi connectivity index (χ3n) is 8.58. The molecule has 5 nitrogen and oxygen atoms in total. The van der Waals surface area contributed by atoms with Crippen LogP contribution in [-0.2, 0) is 4.79 Å². The van der Waals surface area contributed by atoms with Crippen LogP contribution in [0.25, 0.3) is 10.9 Å². The topological polar surface area (TPSA) is 62.7 Å². The minimum absolute atomic E-state index is 0.125. The number of aliphatic carboxylic acids is 1. The van der Waals surface area contributed by atoms with Gasteiger partial charge < -0.3 is 14.7 Å². The Morgan fingerprint density at radius 1 is 1.26 bits per heavy atom. The van der Waals surface area contributed by atoms with Gasteiger partial charge in [0.05, 0.1) is 19.0 Å². The number of likely N-dealkylation sites (tertiary alicyclic amines) is 1. The fraction of sp³-hybridized carbons (Fsp3) is 0.655. The Kier molecular flexibility index (Phi) is 8.64. The number of alkyl halides is 1. The molecule has 1 aromatic carbocycles. The summed E-state index contributed by atoms with van der Waals surface area (Å²) >= 11 is 0. The first-order valence-electron chi connectivity index (χ1n) is 13.4. The molecule has 4 rings (SSSR count). The van der Waals surface area contributed by atoms with E-state index in [1.54, 1.807) is 13.3 Å². The Labute approximate surface area is 209 Å². The number of carboxylic acids is 1. The normalized spacial score (nSPS) is 20.1. The first-order chi connectivity index (χ1) is 16.9. The number of rotatable bonds is 10. The fourth-order valence-electron chi connectivity index (χ4n) is 6.34. The van der Waals surface area contributed by atoms with E-state index in [1.807, 2.05) is 25.1 Å². The van der Waals surface area contributed by atoms with Gasteiger partial charge in [-0.3, -0.25) is 9.78 Å². The quantitative estimate of drug-likeness (QED) is 0.399. The Hall–Kier alpha value is -2.21. The molecule has 0 spiro atoms. The largest absolute Gasteiger partial charge is 0.497 e. The van der Waals surface area contributed by atoms with Crippen LogP contribution in [-0.4, -0.2) is 47.7 Å². The van der Waals surface area contributed by atoms with Crippen molar-refractivity contribution < 1.29 is 19.0 Å². The van der Waals surface area contributed by atoms with Gasteiger partial charge in [0.2, 0.25) is 0 Å². The van der Waals surface area contributed by atoms with Crippen LogP contribution in [0.5, 0.6) is 5.75 Å². The van der Waals surface area contributed by atoms with Crippen LogP contribution in [0.3, 0.4) is 0 Å². The second-order valence-corrected chi connectivity index (χ2v) is 10.9. The van der Waals surface area contributed by atoms with Crippen LogP contribution in [0.4, 0.5) is 4.39 Å². The van der Waals surface area contributed by atoms with E-state index in [1.165, 1.54) is 38.5 Å². The number of methoxy groups -OCH3 is 1. The van der Waals surface area contributed by atoms with Crippen LogP contribution < -0.4 is 4.74 Å². The Morgan fingerprint density at radius 3 is 2.69 bits per heavy atom. The van der Waals surface area contributed by atoms with Crippen molar-refractivity contribution in [2.45, 2.75) is 83.7 Å². The van der Waals surface area contributed by atoms with E-state index >= 15 is 4.39 Å². The number of ether oxygens (including phenoxy) is 1. The van der Waals surface area contributed by atoms with Crippen LogP contribution >= 0.6 is 0 Å². The number of aromatic nitrogens is 1. The summed E-state index contributed by atoms with van der Waals surface area (Å²) in [6.45, 7) is 4.85. The molecule has 1 N–H and O–H groups in total. The van der Waals surface area contributed by atoms with Crippen molar-refractivity contribution in [2.24, 2.45) is 11.3 Å². The van der Waals surface area contributed by atoms with Crippen molar-refractivity contribution in [3.05, 3.63) is 35.5 Å². The van der Waals surface area contributed by atoms with E-state index < -0.39 is 12.1 Å². The van der Waals surface area contributed by atoms with E-state index in [2.05, 4.69) is 9.88 Å². The number of hydrogen-bond donors (Lipinski definition) is 1. The molecule has 192 valence electrons. The smallest absolute Gasteiger partial charge is 0.303 e. The number of fused-ring (bicyclic) bond motifs is 1. The van der Waals surface area contributed by atoms with Gasteiger partial charge in [-0.15, -0.1) is 0 Å². The molecule has 2 aromatic rings. The lowest BCUT2D eigenvalue weighted by molar-refractivity contribution is -0.141. The molecular formula is C29H41FN2O3. The molecule has 1 unspecified atom stereocenters. The third kappa shape index (κ3) is 6.52. The van der Waals surface area contributed by atoms with Crippen molar-refractivity contribution in [3.63, 3.8) is 0 Å². The van der Waals surface area contributed by atoms with E-state index in [0.717, 1.165) is 54.9 Å². The standard InChI is InChI=1S/C29H41FN2O3/c1-21-20-31-26-9-8-23(35-2)18-24(26)28(21)25(30)10-12-29(19-27(33)34)13-16-32(17-14-29)15-11-22-6-4-3-5-7-22/h8-9,18,20,22,25H,3-7,10-17,19H2,1-2H3,(H,33,34). The Balaban J connectivity index is 1.40. The molecule has 1 aromatic heterocycles. The number of piperidine rings is 1. The van der Waals surface area contributed by atoms with Gasteiger partial charge in [0.25, 0.3) is 0 Å². The summed E-state index contributed by atoms with van der Waals surface area (Å²) in [5.74, 6) is 0.770. The SMILES string of the molecule is COc1ccc2ncc(C)c(C(F)CCC3(CC(=O)O)CCN(CCC4CCCCC4)CC3)c2c1. The number of carboxylic acid groups (broad SMARTS) is 1. The molecule has 35 heavy (non-hydrogen) atoms. The lowest BCUT2D eigenvalue weighted by Crippen LogP contribution is -2.42. The molecule has 0 radical (unpaired) electrons. The van der Waals surface area contributed by atoms with E-state index in [4.69, 9.17) is 4.74 Å². The van der Waals surface area contributed by atoms with Crippen LogP contribution in [0.2, 0.25) is 0 Å². The summed E-state index contributed by atoms with van der Waals surface area (Å²) in [6.07, 6.45) is 11.4. The fourth-order valence-corrected chi connectivity index (χ4v) is 6.34. The van der Waals surface area contributed by atoms with Gasteiger partial charge in [-0.05, 0) is 99.3 Å². The maximum Gasteiger partial charge on any atom is 0.303 e. The van der Waals surface area contributed by atoms with Crippen LogP contribution in [0.15, 0.2) is 24.4 Å². The van der Waals surface area contributed by atoms with Gasteiger partial charge in [-0.1, -0.05) is 32.1 Å². The zero-order valence-corrected chi connectivity index (χ0v) is 21.4. The lowest BCUT2D eigenvalue weighted by Gasteiger charge is -2.42.